The van der Waals surface area contributed by atoms with Crippen molar-refractivity contribution in [3.8, 4) is 0 Å². The largest absolute Gasteiger partial charge is 0.478 e. The van der Waals surface area contributed by atoms with E-state index in [1.54, 1.807) is 0 Å². The number of aldehydes is 1. The summed E-state index contributed by atoms with van der Waals surface area (Å²) < 4.78 is 5.01. The van der Waals surface area contributed by atoms with Crippen molar-refractivity contribution in [3.63, 3.8) is 0 Å². The van der Waals surface area contributed by atoms with E-state index in [4.69, 9.17) is 9.84 Å². The molecule has 0 aliphatic heterocycles. The Kier molecular flexibility index (Phi) is 6.66. The van der Waals surface area contributed by atoms with E-state index >= 15 is 0 Å². The molecule has 5 nitrogen and oxygen atoms in total. The number of aliphatic carboxylic acids is 1. The van der Waals surface area contributed by atoms with Crippen molar-refractivity contribution in [1.29, 1.82) is 0 Å². The molecule has 0 aromatic carbocycles. The second kappa shape index (κ2) is 8.41. The van der Waals surface area contributed by atoms with Crippen LogP contribution < -0.4 is 0 Å². The highest BCUT2D eigenvalue weighted by molar-refractivity contribution is 5.81. The Hall–Kier alpha value is -1.91. The van der Waals surface area contributed by atoms with Crippen molar-refractivity contribution in [2.75, 3.05) is 6.61 Å². The first-order valence-electron chi connectivity index (χ1n) is 9.81. The Bertz CT molecular complexity index is 658. The van der Waals surface area contributed by atoms with Gasteiger partial charge >= 0.3 is 11.9 Å². The third kappa shape index (κ3) is 4.88. The fourth-order valence-electron chi connectivity index (χ4n) is 5.46. The van der Waals surface area contributed by atoms with Gasteiger partial charge in [-0.1, -0.05) is 33.3 Å². The number of ether oxygens (including phenoxy) is 1. The van der Waals surface area contributed by atoms with Crippen LogP contribution in [0.1, 0.15) is 66.2 Å². The molecule has 2 aliphatic carbocycles. The summed E-state index contributed by atoms with van der Waals surface area (Å²) in [5.41, 5.74) is 1.67. The summed E-state index contributed by atoms with van der Waals surface area (Å²) >= 11 is 0. The van der Waals surface area contributed by atoms with Crippen molar-refractivity contribution in [3.05, 3.63) is 23.3 Å². The quantitative estimate of drug-likeness (QED) is 0.407. The zero-order valence-corrected chi connectivity index (χ0v) is 16.9. The second-order valence-electron chi connectivity index (χ2n) is 8.97. The lowest BCUT2D eigenvalue weighted by atomic mass is 9.48. The monoisotopic (exact) mass is 376 g/mol. The third-order valence-electron chi connectivity index (χ3n) is 6.74. The number of carbonyl (C=O) groups excluding carboxylic acids is 2. The summed E-state index contributed by atoms with van der Waals surface area (Å²) in [6, 6.07) is 0. The van der Waals surface area contributed by atoms with Gasteiger partial charge in [0.2, 0.25) is 0 Å². The van der Waals surface area contributed by atoms with Crippen LogP contribution in [0.15, 0.2) is 23.3 Å². The van der Waals surface area contributed by atoms with Gasteiger partial charge in [0.05, 0.1) is 0 Å². The van der Waals surface area contributed by atoms with Crippen LogP contribution >= 0.6 is 0 Å². The standard InChI is InChI=1S/C22H32O5/c1-15(24)27-14-16(12-20(25)26)6-8-18-17(13-23)7-9-19-21(2,3)10-5-11-22(18,19)4/h7,12-13,18-19H,5-6,8-11,14H2,1-4H3,(H,25,26)/b16-12+/t18-,19-,22+/m1/s1. The molecule has 0 amide bonds. The van der Waals surface area contributed by atoms with Crippen LogP contribution in [0, 0.1) is 22.7 Å². The Morgan fingerprint density at radius 2 is 2.00 bits per heavy atom. The molecule has 5 heteroatoms. The fraction of sp³-hybridized carbons (Fsp3) is 0.682. The van der Waals surface area contributed by atoms with E-state index in [0.29, 0.717) is 24.3 Å². The molecule has 27 heavy (non-hydrogen) atoms. The fourth-order valence-corrected chi connectivity index (χ4v) is 5.46. The number of fused-ring (bicyclic) bond motifs is 1. The van der Waals surface area contributed by atoms with Crippen LogP contribution in [0.3, 0.4) is 0 Å². The number of carbonyl (C=O) groups is 3. The maximum absolute atomic E-state index is 11.7. The molecule has 3 atom stereocenters. The summed E-state index contributed by atoms with van der Waals surface area (Å²) in [7, 11) is 0. The van der Waals surface area contributed by atoms with Gasteiger partial charge in [0.15, 0.2) is 0 Å². The van der Waals surface area contributed by atoms with E-state index in [1.807, 2.05) is 0 Å². The van der Waals surface area contributed by atoms with Gasteiger partial charge in [0.1, 0.15) is 12.9 Å². The lowest BCUT2D eigenvalue weighted by Gasteiger charge is -2.56. The van der Waals surface area contributed by atoms with Gasteiger partial charge in [-0.05, 0) is 65.9 Å². The van der Waals surface area contributed by atoms with Crippen molar-refractivity contribution in [2.24, 2.45) is 22.7 Å². The van der Waals surface area contributed by atoms with Crippen LogP contribution in [-0.4, -0.2) is 29.9 Å². The van der Waals surface area contributed by atoms with E-state index in [-0.39, 0.29) is 23.4 Å². The van der Waals surface area contributed by atoms with Crippen molar-refractivity contribution >= 4 is 18.2 Å². The van der Waals surface area contributed by atoms with Gasteiger partial charge in [0, 0.05) is 13.0 Å². The maximum atomic E-state index is 11.7. The number of carboxylic acid groups (broad SMARTS) is 1. The predicted molar refractivity (Wildman–Crippen MR) is 103 cm³/mol. The number of allylic oxidation sites excluding steroid dienone is 2. The molecule has 1 fully saturated rings. The molecule has 0 saturated heterocycles. The molecule has 0 heterocycles. The lowest BCUT2D eigenvalue weighted by Crippen LogP contribution is -2.48. The smallest absolute Gasteiger partial charge is 0.328 e. The second-order valence-corrected chi connectivity index (χ2v) is 8.97. The summed E-state index contributed by atoms with van der Waals surface area (Å²) in [5, 5.41) is 9.11. The molecule has 0 spiro atoms. The number of hydrogen-bond acceptors (Lipinski definition) is 4. The maximum Gasteiger partial charge on any atom is 0.328 e. The van der Waals surface area contributed by atoms with Gasteiger partial charge in [-0.2, -0.15) is 0 Å². The number of hydrogen-bond donors (Lipinski definition) is 1. The number of carboxylic acids is 1. The van der Waals surface area contributed by atoms with Gasteiger partial charge in [-0.15, -0.1) is 0 Å². The van der Waals surface area contributed by atoms with Crippen molar-refractivity contribution in [2.45, 2.75) is 66.2 Å². The summed E-state index contributed by atoms with van der Waals surface area (Å²) in [4.78, 5) is 34.0. The summed E-state index contributed by atoms with van der Waals surface area (Å²) in [6.45, 7) is 8.24. The molecule has 1 N–H and O–H groups in total. The van der Waals surface area contributed by atoms with Gasteiger partial charge in [-0.3, -0.25) is 9.59 Å². The Morgan fingerprint density at radius 3 is 2.59 bits per heavy atom. The molecule has 2 rings (SSSR count). The molecule has 1 saturated carbocycles. The highest BCUT2D eigenvalue weighted by Crippen LogP contribution is 2.60. The lowest BCUT2D eigenvalue weighted by molar-refractivity contribution is -0.140. The van der Waals surface area contributed by atoms with Gasteiger partial charge < -0.3 is 9.84 Å². The minimum atomic E-state index is -1.05. The number of esters is 1. The van der Waals surface area contributed by atoms with Crippen molar-refractivity contribution in [1.82, 2.24) is 0 Å². The van der Waals surface area contributed by atoms with Crippen LogP contribution in [0.25, 0.3) is 0 Å². The highest BCUT2D eigenvalue weighted by Gasteiger charge is 2.52. The summed E-state index contributed by atoms with van der Waals surface area (Å²) in [5.74, 6) is -0.871. The molecule has 0 unspecified atom stereocenters. The van der Waals surface area contributed by atoms with Crippen LogP contribution in [0.5, 0.6) is 0 Å². The SMILES string of the molecule is CC(=O)OC/C(=C/C(=O)O)CC[C@@H]1C(C=O)=CC[C@@H]2C(C)(C)CCC[C@@]12C. The molecule has 150 valence electrons. The average Bonchev–Trinajstić information content (AvgIpc) is 2.56. The van der Waals surface area contributed by atoms with E-state index in [0.717, 1.165) is 37.2 Å². The first-order chi connectivity index (χ1) is 12.6. The average molecular weight is 376 g/mol. The minimum Gasteiger partial charge on any atom is -0.478 e. The van der Waals surface area contributed by atoms with Crippen LogP contribution in [0.2, 0.25) is 0 Å². The molecule has 0 bridgehead atoms. The Labute approximate surface area is 161 Å². The third-order valence-corrected chi connectivity index (χ3v) is 6.74. The van der Waals surface area contributed by atoms with Crippen LogP contribution in [0.4, 0.5) is 0 Å². The van der Waals surface area contributed by atoms with E-state index in [2.05, 4.69) is 26.8 Å². The zero-order chi connectivity index (χ0) is 20.2. The molecule has 0 aromatic heterocycles. The molecule has 0 aromatic rings. The first kappa shape index (κ1) is 21.4. The predicted octanol–water partition coefficient (Wildman–Crippen LogP) is 4.32. The van der Waals surface area contributed by atoms with E-state index in [1.165, 1.54) is 13.3 Å². The normalized spacial score (nSPS) is 30.1. The highest BCUT2D eigenvalue weighted by atomic mass is 16.5. The van der Waals surface area contributed by atoms with Gasteiger partial charge in [-0.25, -0.2) is 4.79 Å². The molecular weight excluding hydrogens is 344 g/mol. The van der Waals surface area contributed by atoms with E-state index in [9.17, 15) is 14.4 Å². The molecule has 0 radical (unpaired) electrons. The molecular formula is C22H32O5. The Morgan fingerprint density at radius 1 is 1.30 bits per heavy atom. The van der Waals surface area contributed by atoms with Gasteiger partial charge in [0.25, 0.3) is 0 Å². The first-order valence-corrected chi connectivity index (χ1v) is 9.81. The number of rotatable bonds is 7. The zero-order valence-electron chi connectivity index (χ0n) is 16.9. The topological polar surface area (TPSA) is 80.7 Å². The van der Waals surface area contributed by atoms with E-state index < -0.39 is 11.9 Å². The Balaban J connectivity index is 2.23. The van der Waals surface area contributed by atoms with Crippen molar-refractivity contribution < 1.29 is 24.2 Å². The minimum absolute atomic E-state index is 0.0138. The van der Waals surface area contributed by atoms with Crippen LogP contribution in [-0.2, 0) is 19.1 Å². The molecule has 2 aliphatic rings. The summed E-state index contributed by atoms with van der Waals surface area (Å²) in [6.07, 6.45) is 9.73.